The summed E-state index contributed by atoms with van der Waals surface area (Å²) < 4.78 is 46.6. The fraction of sp³-hybridized carbons (Fsp3) is 0.278. The number of nitrogens with one attached hydrogen (secondary N) is 1. The smallest absolute Gasteiger partial charge is 0.262 e. The molecular weight excluding hydrogens is 391 g/mol. The van der Waals surface area contributed by atoms with Crippen molar-refractivity contribution < 1.29 is 22.3 Å². The number of hydrogen-bond acceptors (Lipinski definition) is 5. The van der Waals surface area contributed by atoms with Crippen LogP contribution in [0.4, 0.5) is 10.1 Å². The summed E-state index contributed by atoms with van der Waals surface area (Å²) in [7, 11) is -4.04. The second-order valence-electron chi connectivity index (χ2n) is 5.85. The number of para-hydroxylation sites is 1. The van der Waals surface area contributed by atoms with Crippen LogP contribution in [0.25, 0.3) is 0 Å². The highest BCUT2D eigenvalue weighted by Gasteiger charge is 2.24. The normalized spacial score (nSPS) is 14.8. The molecule has 1 saturated heterocycles. The minimum atomic E-state index is -4.04. The molecule has 0 atom stereocenters. The highest BCUT2D eigenvalue weighted by Crippen LogP contribution is 2.27. The third kappa shape index (κ3) is 4.42. The van der Waals surface area contributed by atoms with Gasteiger partial charge in [0, 0.05) is 18.0 Å². The van der Waals surface area contributed by atoms with Gasteiger partial charge in [-0.3, -0.25) is 9.52 Å². The molecule has 0 unspecified atom stereocenters. The number of ether oxygens (including phenoxy) is 1. The zero-order chi connectivity index (χ0) is 19.4. The molecule has 1 aliphatic heterocycles. The van der Waals surface area contributed by atoms with Gasteiger partial charge in [0.2, 0.25) is 0 Å². The van der Waals surface area contributed by atoms with E-state index in [9.17, 15) is 17.6 Å². The first-order valence-corrected chi connectivity index (χ1v) is 11.0. The standard InChI is InChI=1S/C18H19FN2O4S2/c1-26-17-7-6-13(12-14(17)18(22)21-8-10-25-11-9-21)27(23,24)20-16-5-3-2-4-15(16)19/h2-7,12,20H,8-11H2,1H3. The lowest BCUT2D eigenvalue weighted by Crippen LogP contribution is -2.41. The van der Waals surface area contributed by atoms with Crippen molar-refractivity contribution in [2.75, 3.05) is 37.3 Å². The van der Waals surface area contributed by atoms with E-state index in [2.05, 4.69) is 4.72 Å². The van der Waals surface area contributed by atoms with Gasteiger partial charge in [0.1, 0.15) is 5.82 Å². The van der Waals surface area contributed by atoms with Crippen molar-refractivity contribution >= 4 is 33.4 Å². The first-order valence-electron chi connectivity index (χ1n) is 8.25. The van der Waals surface area contributed by atoms with Crippen LogP contribution in [-0.4, -0.2) is 51.8 Å². The van der Waals surface area contributed by atoms with E-state index < -0.39 is 15.8 Å². The fourth-order valence-electron chi connectivity index (χ4n) is 2.71. The zero-order valence-corrected chi connectivity index (χ0v) is 16.3. The summed E-state index contributed by atoms with van der Waals surface area (Å²) in [6, 6.07) is 9.85. The summed E-state index contributed by atoms with van der Waals surface area (Å²) in [6.45, 7) is 1.81. The molecule has 6 nitrogen and oxygen atoms in total. The number of amides is 1. The van der Waals surface area contributed by atoms with E-state index in [4.69, 9.17) is 4.74 Å². The van der Waals surface area contributed by atoms with Crippen LogP contribution < -0.4 is 4.72 Å². The Labute approximate surface area is 161 Å². The third-order valence-corrected chi connectivity index (χ3v) is 6.29. The van der Waals surface area contributed by atoms with Crippen LogP contribution >= 0.6 is 11.8 Å². The van der Waals surface area contributed by atoms with Gasteiger partial charge in [0.05, 0.1) is 29.4 Å². The molecule has 2 aromatic rings. The predicted octanol–water partition coefficient (Wildman–Crippen LogP) is 2.82. The van der Waals surface area contributed by atoms with Crippen LogP contribution in [0.2, 0.25) is 0 Å². The number of carbonyl (C=O) groups excluding carboxylic acids is 1. The van der Waals surface area contributed by atoms with E-state index >= 15 is 0 Å². The van der Waals surface area contributed by atoms with Gasteiger partial charge in [-0.2, -0.15) is 0 Å². The molecule has 1 fully saturated rings. The number of sulfonamides is 1. The molecule has 3 rings (SSSR count). The Morgan fingerprint density at radius 3 is 2.56 bits per heavy atom. The highest BCUT2D eigenvalue weighted by molar-refractivity contribution is 7.98. The second-order valence-corrected chi connectivity index (χ2v) is 8.38. The van der Waals surface area contributed by atoms with Crippen molar-refractivity contribution in [2.24, 2.45) is 0 Å². The van der Waals surface area contributed by atoms with Gasteiger partial charge in [-0.25, -0.2) is 12.8 Å². The van der Waals surface area contributed by atoms with Gasteiger partial charge in [0.25, 0.3) is 15.9 Å². The molecule has 0 spiro atoms. The van der Waals surface area contributed by atoms with Gasteiger partial charge in [-0.05, 0) is 36.6 Å². The van der Waals surface area contributed by atoms with Gasteiger partial charge < -0.3 is 9.64 Å². The van der Waals surface area contributed by atoms with Crippen LogP contribution in [0.1, 0.15) is 10.4 Å². The summed E-state index contributed by atoms with van der Waals surface area (Å²) in [6.07, 6.45) is 1.82. The lowest BCUT2D eigenvalue weighted by molar-refractivity contribution is 0.0300. The van der Waals surface area contributed by atoms with Gasteiger partial charge >= 0.3 is 0 Å². The van der Waals surface area contributed by atoms with Gasteiger partial charge in [0.15, 0.2) is 0 Å². The average Bonchev–Trinajstić information content (AvgIpc) is 2.69. The number of morpholine rings is 1. The van der Waals surface area contributed by atoms with Crippen LogP contribution in [0, 0.1) is 5.82 Å². The van der Waals surface area contributed by atoms with Crippen LogP contribution in [0.3, 0.4) is 0 Å². The van der Waals surface area contributed by atoms with E-state index in [1.165, 1.54) is 48.2 Å². The Kier molecular flexibility index (Phi) is 6.03. The number of carbonyl (C=O) groups is 1. The Morgan fingerprint density at radius 1 is 1.19 bits per heavy atom. The second kappa shape index (κ2) is 8.28. The lowest BCUT2D eigenvalue weighted by Gasteiger charge is -2.27. The molecule has 144 valence electrons. The summed E-state index contributed by atoms with van der Waals surface area (Å²) in [5.41, 5.74) is 0.160. The van der Waals surface area contributed by atoms with E-state index in [-0.39, 0.29) is 16.5 Å². The van der Waals surface area contributed by atoms with Crippen molar-refractivity contribution in [3.05, 3.63) is 53.8 Å². The predicted molar refractivity (Wildman–Crippen MR) is 102 cm³/mol. The molecule has 0 radical (unpaired) electrons. The first-order chi connectivity index (χ1) is 12.9. The Bertz CT molecular complexity index is 944. The van der Waals surface area contributed by atoms with Crippen LogP contribution in [0.5, 0.6) is 0 Å². The van der Waals surface area contributed by atoms with Gasteiger partial charge in [-0.1, -0.05) is 12.1 Å². The molecule has 0 saturated carbocycles. The molecule has 1 amide bonds. The van der Waals surface area contributed by atoms with Crippen molar-refractivity contribution in [3.63, 3.8) is 0 Å². The third-order valence-electron chi connectivity index (χ3n) is 4.13. The van der Waals surface area contributed by atoms with E-state index in [0.29, 0.717) is 36.8 Å². The molecule has 27 heavy (non-hydrogen) atoms. The molecule has 1 heterocycles. The molecule has 1 aliphatic rings. The molecule has 0 aromatic heterocycles. The zero-order valence-electron chi connectivity index (χ0n) is 14.6. The van der Waals surface area contributed by atoms with E-state index in [1.54, 1.807) is 11.0 Å². The molecule has 1 N–H and O–H groups in total. The number of rotatable bonds is 5. The summed E-state index contributed by atoms with van der Waals surface area (Å²) in [5.74, 6) is -0.919. The van der Waals surface area contributed by atoms with E-state index in [1.807, 2.05) is 6.26 Å². The number of hydrogen-bond donors (Lipinski definition) is 1. The summed E-state index contributed by atoms with van der Waals surface area (Å²) in [5, 5.41) is 0. The lowest BCUT2D eigenvalue weighted by atomic mass is 10.2. The molecule has 0 aliphatic carbocycles. The number of nitrogens with zero attached hydrogens (tertiary/aromatic N) is 1. The van der Waals surface area contributed by atoms with Crippen molar-refractivity contribution in [1.82, 2.24) is 4.90 Å². The highest BCUT2D eigenvalue weighted by atomic mass is 32.2. The van der Waals surface area contributed by atoms with Crippen LogP contribution in [0.15, 0.2) is 52.3 Å². The van der Waals surface area contributed by atoms with Crippen molar-refractivity contribution in [2.45, 2.75) is 9.79 Å². The minimum absolute atomic E-state index is 0.0971. The van der Waals surface area contributed by atoms with E-state index in [0.717, 1.165) is 0 Å². The number of benzene rings is 2. The Hall–Kier alpha value is -2.10. The van der Waals surface area contributed by atoms with Crippen LogP contribution in [-0.2, 0) is 14.8 Å². The maximum Gasteiger partial charge on any atom is 0.262 e. The maximum absolute atomic E-state index is 13.8. The first kappa shape index (κ1) is 19.7. The minimum Gasteiger partial charge on any atom is -0.378 e. The van der Waals surface area contributed by atoms with Crippen molar-refractivity contribution in [3.8, 4) is 0 Å². The fourth-order valence-corrected chi connectivity index (χ4v) is 4.37. The van der Waals surface area contributed by atoms with Gasteiger partial charge in [-0.15, -0.1) is 11.8 Å². The summed E-state index contributed by atoms with van der Waals surface area (Å²) >= 11 is 1.36. The topological polar surface area (TPSA) is 75.7 Å². The molecule has 0 bridgehead atoms. The number of anilines is 1. The number of halogens is 1. The Balaban J connectivity index is 1.94. The number of thioether (sulfide) groups is 1. The SMILES string of the molecule is CSc1ccc(S(=O)(=O)Nc2ccccc2F)cc1C(=O)N1CCOCC1. The summed E-state index contributed by atoms with van der Waals surface area (Å²) in [4.78, 5) is 15.1. The molecule has 9 heteroatoms. The maximum atomic E-state index is 13.8. The molecular formula is C18H19FN2O4S2. The monoisotopic (exact) mass is 410 g/mol. The molecule has 2 aromatic carbocycles. The quantitative estimate of drug-likeness (QED) is 0.767. The van der Waals surface area contributed by atoms with Crippen molar-refractivity contribution in [1.29, 1.82) is 0 Å². The average molecular weight is 410 g/mol. The largest absolute Gasteiger partial charge is 0.378 e. The Morgan fingerprint density at radius 2 is 1.89 bits per heavy atom.